The topological polar surface area (TPSA) is 78.0 Å². The molecule has 1 aliphatic heterocycles. The summed E-state index contributed by atoms with van der Waals surface area (Å²) in [5.74, 6) is 0. The van der Waals surface area contributed by atoms with E-state index in [9.17, 15) is 10.1 Å². The molecule has 0 radical (unpaired) electrons. The lowest BCUT2D eigenvalue weighted by Crippen LogP contribution is -2.53. The van der Waals surface area contributed by atoms with E-state index in [2.05, 4.69) is 71.1 Å². The monoisotopic (exact) mass is 478 g/mol. The van der Waals surface area contributed by atoms with Crippen LogP contribution in [-0.4, -0.2) is 45.1 Å². The van der Waals surface area contributed by atoms with Crippen molar-refractivity contribution in [3.8, 4) is 6.07 Å². The van der Waals surface area contributed by atoms with E-state index in [0.29, 0.717) is 11.2 Å². The second kappa shape index (κ2) is 9.56. The first-order valence-corrected chi connectivity index (χ1v) is 12.3. The number of piperazine rings is 1. The van der Waals surface area contributed by atoms with Crippen LogP contribution < -0.4 is 10.5 Å². The van der Waals surface area contributed by atoms with Crippen LogP contribution in [0.5, 0.6) is 0 Å². The number of hydrogen-bond acceptors (Lipinski definition) is 6. The summed E-state index contributed by atoms with van der Waals surface area (Å²) < 4.78 is 1.59. The Kier molecular flexibility index (Phi) is 6.29. The van der Waals surface area contributed by atoms with Crippen molar-refractivity contribution >= 4 is 16.7 Å². The molecule has 1 aliphatic rings. The number of rotatable bonds is 4. The van der Waals surface area contributed by atoms with Gasteiger partial charge in [0.15, 0.2) is 0 Å². The number of nitriles is 1. The Morgan fingerprint density at radius 3 is 2.50 bits per heavy atom. The van der Waals surface area contributed by atoms with Crippen LogP contribution >= 0.6 is 0 Å². The highest BCUT2D eigenvalue weighted by molar-refractivity contribution is 5.89. The maximum atomic E-state index is 12.8. The predicted octanol–water partition coefficient (Wildman–Crippen LogP) is 4.12. The summed E-state index contributed by atoms with van der Waals surface area (Å²) in [6, 6.07) is 22.3. The Balaban J connectivity index is 1.52. The number of pyridine rings is 3. The molecule has 3 aromatic heterocycles. The quantitative estimate of drug-likeness (QED) is 0.439. The number of nitrogens with zero attached hydrogens (tertiary/aromatic N) is 6. The highest BCUT2D eigenvalue weighted by Crippen LogP contribution is 2.33. The lowest BCUT2D eigenvalue weighted by molar-refractivity contribution is 0.185. The summed E-state index contributed by atoms with van der Waals surface area (Å²) >= 11 is 0. The molecule has 2 atom stereocenters. The SMILES string of the molecule is Cc1ccc(C(c2cccc(C)n2)N2CCN(c3cc(=O)n(C)c4ccc(C#N)nc34)[C@@H](C)C2)cc1. The van der Waals surface area contributed by atoms with Crippen LogP contribution in [0.2, 0.25) is 0 Å². The summed E-state index contributed by atoms with van der Waals surface area (Å²) in [5, 5.41) is 9.42. The van der Waals surface area contributed by atoms with Crippen LogP contribution in [0.1, 0.15) is 41.2 Å². The standard InChI is InChI=1S/C29H30N6O/c1-19-8-10-22(11-9-19)29(24-7-5-6-20(2)31-24)34-14-15-35(21(3)18-34)26-16-27(36)33(4)25-13-12-23(17-30)32-28(25)26/h5-13,16,21,29H,14-15,18H2,1-4H3/t21-,29?/m0/s1. The molecule has 182 valence electrons. The van der Waals surface area contributed by atoms with E-state index in [4.69, 9.17) is 4.98 Å². The van der Waals surface area contributed by atoms with Crippen molar-refractivity contribution in [2.45, 2.75) is 32.9 Å². The molecule has 4 aromatic rings. The molecule has 4 heterocycles. The van der Waals surface area contributed by atoms with Crippen molar-refractivity contribution in [3.05, 3.63) is 99.2 Å². The molecule has 1 saturated heterocycles. The average Bonchev–Trinajstić information content (AvgIpc) is 2.87. The van der Waals surface area contributed by atoms with Gasteiger partial charge in [0.05, 0.1) is 22.9 Å². The Bertz CT molecular complexity index is 1520. The van der Waals surface area contributed by atoms with Gasteiger partial charge in [0.1, 0.15) is 17.3 Å². The first-order chi connectivity index (χ1) is 17.4. The molecule has 1 fully saturated rings. The van der Waals surface area contributed by atoms with Crippen molar-refractivity contribution in [1.29, 1.82) is 5.26 Å². The smallest absolute Gasteiger partial charge is 0.252 e. The van der Waals surface area contributed by atoms with Gasteiger partial charge < -0.3 is 9.47 Å². The van der Waals surface area contributed by atoms with Crippen molar-refractivity contribution in [3.63, 3.8) is 0 Å². The lowest BCUT2D eigenvalue weighted by Gasteiger charge is -2.44. The zero-order valence-corrected chi connectivity index (χ0v) is 21.1. The molecule has 1 unspecified atom stereocenters. The van der Waals surface area contributed by atoms with E-state index < -0.39 is 0 Å². The summed E-state index contributed by atoms with van der Waals surface area (Å²) in [5.41, 5.74) is 6.96. The van der Waals surface area contributed by atoms with Gasteiger partial charge in [-0.2, -0.15) is 5.26 Å². The van der Waals surface area contributed by atoms with Gasteiger partial charge in [0, 0.05) is 44.5 Å². The van der Waals surface area contributed by atoms with Gasteiger partial charge in [-0.15, -0.1) is 0 Å². The molecule has 5 rings (SSSR count). The number of benzene rings is 1. The molecule has 0 spiro atoms. The third kappa shape index (κ3) is 4.36. The second-order valence-electron chi connectivity index (χ2n) is 9.66. The molecule has 0 bridgehead atoms. The van der Waals surface area contributed by atoms with Crippen LogP contribution in [0.4, 0.5) is 5.69 Å². The number of aromatic nitrogens is 3. The fraction of sp³-hybridized carbons (Fsp3) is 0.310. The Labute approximate surface area is 211 Å². The van der Waals surface area contributed by atoms with Gasteiger partial charge in [-0.25, -0.2) is 4.98 Å². The number of fused-ring (bicyclic) bond motifs is 1. The second-order valence-corrected chi connectivity index (χ2v) is 9.66. The Morgan fingerprint density at radius 1 is 1.03 bits per heavy atom. The Morgan fingerprint density at radius 2 is 1.81 bits per heavy atom. The maximum absolute atomic E-state index is 12.8. The lowest BCUT2D eigenvalue weighted by atomic mass is 9.98. The van der Waals surface area contributed by atoms with Crippen LogP contribution in [0.3, 0.4) is 0 Å². The van der Waals surface area contributed by atoms with Gasteiger partial charge in [-0.3, -0.25) is 14.7 Å². The molecule has 0 saturated carbocycles. The minimum absolute atomic E-state index is 0.0406. The third-order valence-electron chi connectivity index (χ3n) is 7.10. The van der Waals surface area contributed by atoms with E-state index >= 15 is 0 Å². The fourth-order valence-electron chi connectivity index (χ4n) is 5.21. The minimum Gasteiger partial charge on any atom is -0.364 e. The molecule has 7 nitrogen and oxygen atoms in total. The summed E-state index contributed by atoms with van der Waals surface area (Å²) in [6.45, 7) is 8.63. The van der Waals surface area contributed by atoms with Crippen LogP contribution in [0.15, 0.2) is 65.5 Å². The van der Waals surface area contributed by atoms with E-state index in [1.807, 2.05) is 19.1 Å². The summed E-state index contributed by atoms with van der Waals surface area (Å²) in [4.78, 5) is 27.0. The third-order valence-corrected chi connectivity index (χ3v) is 7.10. The van der Waals surface area contributed by atoms with Gasteiger partial charge in [-0.1, -0.05) is 35.9 Å². The van der Waals surface area contributed by atoms with E-state index in [0.717, 1.165) is 42.2 Å². The molecule has 36 heavy (non-hydrogen) atoms. The number of aryl methyl sites for hydroxylation is 3. The van der Waals surface area contributed by atoms with Crippen molar-refractivity contribution in [1.82, 2.24) is 19.4 Å². The number of anilines is 1. The zero-order valence-electron chi connectivity index (χ0n) is 21.1. The normalized spacial score (nSPS) is 17.2. The van der Waals surface area contributed by atoms with Gasteiger partial charge in [-0.05, 0) is 50.6 Å². The maximum Gasteiger partial charge on any atom is 0.252 e. The van der Waals surface area contributed by atoms with E-state index in [-0.39, 0.29) is 17.6 Å². The summed E-state index contributed by atoms with van der Waals surface area (Å²) in [7, 11) is 1.74. The first-order valence-electron chi connectivity index (χ1n) is 12.3. The largest absolute Gasteiger partial charge is 0.364 e. The van der Waals surface area contributed by atoms with E-state index in [1.54, 1.807) is 23.7 Å². The average molecular weight is 479 g/mol. The first kappa shape index (κ1) is 23.7. The molecule has 0 N–H and O–H groups in total. The van der Waals surface area contributed by atoms with Gasteiger partial charge in [0.2, 0.25) is 0 Å². The zero-order chi connectivity index (χ0) is 25.4. The molecular formula is C29H30N6O. The molecule has 0 amide bonds. The summed E-state index contributed by atoms with van der Waals surface area (Å²) in [6.07, 6.45) is 0. The van der Waals surface area contributed by atoms with Gasteiger partial charge >= 0.3 is 0 Å². The van der Waals surface area contributed by atoms with Crippen molar-refractivity contribution < 1.29 is 0 Å². The van der Waals surface area contributed by atoms with Gasteiger partial charge in [0.25, 0.3) is 5.56 Å². The van der Waals surface area contributed by atoms with Crippen molar-refractivity contribution in [2.24, 2.45) is 7.05 Å². The number of hydrogen-bond donors (Lipinski definition) is 0. The minimum atomic E-state index is -0.0832. The van der Waals surface area contributed by atoms with E-state index in [1.165, 1.54) is 11.1 Å². The van der Waals surface area contributed by atoms with Crippen LogP contribution in [0, 0.1) is 25.2 Å². The molecule has 0 aliphatic carbocycles. The highest BCUT2D eigenvalue weighted by Gasteiger charge is 2.32. The van der Waals surface area contributed by atoms with Crippen LogP contribution in [-0.2, 0) is 7.05 Å². The molecule has 1 aromatic carbocycles. The fourth-order valence-corrected chi connectivity index (χ4v) is 5.21. The molecule has 7 heteroatoms. The molecular weight excluding hydrogens is 448 g/mol. The Hall–Kier alpha value is -4.02. The van der Waals surface area contributed by atoms with Crippen molar-refractivity contribution in [2.75, 3.05) is 24.5 Å². The predicted molar refractivity (Wildman–Crippen MR) is 142 cm³/mol. The van der Waals surface area contributed by atoms with Crippen LogP contribution in [0.25, 0.3) is 11.0 Å². The highest BCUT2D eigenvalue weighted by atomic mass is 16.1.